The van der Waals surface area contributed by atoms with Crippen molar-refractivity contribution in [1.82, 2.24) is 4.98 Å². The SMILES string of the molecule is COC(=O)Cc1c(C)nc2sc3c(c2c1-c1ccc(Cl)cc1)CCC3. The van der Waals surface area contributed by atoms with E-state index in [-0.39, 0.29) is 12.4 Å². The van der Waals surface area contributed by atoms with E-state index in [0.29, 0.717) is 5.02 Å². The summed E-state index contributed by atoms with van der Waals surface area (Å²) < 4.78 is 4.92. The second kappa shape index (κ2) is 6.43. The highest BCUT2D eigenvalue weighted by atomic mass is 35.5. The molecule has 128 valence electrons. The first-order chi connectivity index (χ1) is 12.1. The van der Waals surface area contributed by atoms with Gasteiger partial charge in [0.2, 0.25) is 0 Å². The van der Waals surface area contributed by atoms with Crippen molar-refractivity contribution in [1.29, 1.82) is 0 Å². The minimum Gasteiger partial charge on any atom is -0.469 e. The van der Waals surface area contributed by atoms with Crippen LogP contribution in [-0.4, -0.2) is 18.1 Å². The number of benzene rings is 1. The number of methoxy groups -OCH3 is 1. The molecule has 0 saturated heterocycles. The Morgan fingerprint density at radius 2 is 2.04 bits per heavy atom. The van der Waals surface area contributed by atoms with Crippen molar-refractivity contribution in [2.24, 2.45) is 0 Å². The summed E-state index contributed by atoms with van der Waals surface area (Å²) in [5, 5.41) is 1.92. The molecule has 0 saturated carbocycles. The molecule has 1 aliphatic carbocycles. The zero-order valence-electron chi connectivity index (χ0n) is 14.2. The average Bonchev–Trinajstić information content (AvgIpc) is 3.17. The molecule has 1 aliphatic rings. The quantitative estimate of drug-likeness (QED) is 0.599. The molecule has 0 aliphatic heterocycles. The lowest BCUT2D eigenvalue weighted by atomic mass is 9.92. The largest absolute Gasteiger partial charge is 0.469 e. The number of hydrogen-bond donors (Lipinski definition) is 0. The molecule has 0 unspecified atom stereocenters. The van der Waals surface area contributed by atoms with E-state index < -0.39 is 0 Å². The van der Waals surface area contributed by atoms with Crippen LogP contribution in [0.2, 0.25) is 5.02 Å². The molecule has 2 heterocycles. The summed E-state index contributed by atoms with van der Waals surface area (Å²) in [6.45, 7) is 1.97. The summed E-state index contributed by atoms with van der Waals surface area (Å²) in [5.41, 5.74) is 5.44. The first kappa shape index (κ1) is 16.6. The third-order valence-corrected chi connectivity index (χ3v) is 6.28. The minimum atomic E-state index is -0.244. The van der Waals surface area contributed by atoms with Gasteiger partial charge in [-0.2, -0.15) is 0 Å². The van der Waals surface area contributed by atoms with E-state index >= 15 is 0 Å². The van der Waals surface area contributed by atoms with Gasteiger partial charge in [-0.25, -0.2) is 4.98 Å². The van der Waals surface area contributed by atoms with Crippen LogP contribution in [0.25, 0.3) is 21.3 Å². The fourth-order valence-corrected chi connectivity index (χ4v) is 5.09. The summed E-state index contributed by atoms with van der Waals surface area (Å²) in [4.78, 5) is 19.3. The molecule has 0 N–H and O–H groups in total. The molecule has 0 fully saturated rings. The number of esters is 1. The summed E-state index contributed by atoms with van der Waals surface area (Å²) >= 11 is 7.88. The second-order valence-corrected chi connectivity index (χ2v) is 7.87. The van der Waals surface area contributed by atoms with Gasteiger partial charge >= 0.3 is 5.97 Å². The van der Waals surface area contributed by atoms with Crippen LogP contribution in [0.15, 0.2) is 24.3 Å². The lowest BCUT2D eigenvalue weighted by molar-refractivity contribution is -0.139. The van der Waals surface area contributed by atoms with Crippen molar-refractivity contribution >= 4 is 39.1 Å². The fraction of sp³-hybridized carbons (Fsp3) is 0.300. The molecule has 25 heavy (non-hydrogen) atoms. The van der Waals surface area contributed by atoms with Crippen molar-refractivity contribution < 1.29 is 9.53 Å². The van der Waals surface area contributed by atoms with E-state index in [1.54, 1.807) is 11.3 Å². The summed E-state index contributed by atoms with van der Waals surface area (Å²) in [5.74, 6) is -0.244. The Labute approximate surface area is 155 Å². The zero-order chi connectivity index (χ0) is 17.6. The van der Waals surface area contributed by atoms with Gasteiger partial charge in [0.1, 0.15) is 4.83 Å². The van der Waals surface area contributed by atoms with Crippen molar-refractivity contribution in [3.63, 3.8) is 0 Å². The van der Waals surface area contributed by atoms with Crippen molar-refractivity contribution in [2.45, 2.75) is 32.6 Å². The molecule has 3 nitrogen and oxygen atoms in total. The number of aromatic nitrogens is 1. The van der Waals surface area contributed by atoms with Crippen molar-refractivity contribution in [3.8, 4) is 11.1 Å². The number of hydrogen-bond acceptors (Lipinski definition) is 4. The lowest BCUT2D eigenvalue weighted by Gasteiger charge is -2.15. The van der Waals surface area contributed by atoms with Gasteiger partial charge in [-0.15, -0.1) is 11.3 Å². The van der Waals surface area contributed by atoms with Crippen LogP contribution in [0.5, 0.6) is 0 Å². The Kier molecular flexibility index (Phi) is 4.26. The first-order valence-electron chi connectivity index (χ1n) is 8.35. The van der Waals surface area contributed by atoms with Gasteiger partial charge in [-0.1, -0.05) is 23.7 Å². The number of carbonyl (C=O) groups is 1. The van der Waals surface area contributed by atoms with Crippen molar-refractivity contribution in [2.75, 3.05) is 7.11 Å². The molecule has 0 spiro atoms. The number of thiophene rings is 1. The van der Waals surface area contributed by atoms with Gasteiger partial charge in [0.25, 0.3) is 0 Å². The smallest absolute Gasteiger partial charge is 0.310 e. The predicted octanol–water partition coefficient (Wildman–Crippen LogP) is 5.13. The molecule has 0 radical (unpaired) electrons. The highest BCUT2D eigenvalue weighted by Crippen LogP contribution is 2.43. The summed E-state index contributed by atoms with van der Waals surface area (Å²) in [7, 11) is 1.42. The number of aryl methyl sites for hydroxylation is 3. The third-order valence-electron chi connectivity index (χ3n) is 4.84. The molecule has 0 amide bonds. The molecule has 4 rings (SSSR count). The Morgan fingerprint density at radius 3 is 2.76 bits per heavy atom. The normalized spacial score (nSPS) is 13.2. The third kappa shape index (κ3) is 2.83. The van der Waals surface area contributed by atoms with Gasteiger partial charge < -0.3 is 4.74 Å². The first-order valence-corrected chi connectivity index (χ1v) is 9.54. The second-order valence-electron chi connectivity index (χ2n) is 6.35. The number of ether oxygens (including phenoxy) is 1. The lowest BCUT2D eigenvalue weighted by Crippen LogP contribution is -2.09. The van der Waals surface area contributed by atoms with Crippen LogP contribution >= 0.6 is 22.9 Å². The number of nitrogens with zero attached hydrogens (tertiary/aromatic N) is 1. The summed E-state index contributed by atoms with van der Waals surface area (Å²) in [6, 6.07) is 7.84. The Morgan fingerprint density at radius 1 is 1.28 bits per heavy atom. The topological polar surface area (TPSA) is 39.2 Å². The maximum atomic E-state index is 12.0. The van der Waals surface area contributed by atoms with Gasteiger partial charge in [-0.05, 0) is 60.6 Å². The van der Waals surface area contributed by atoms with Crippen LogP contribution < -0.4 is 0 Å². The standard InChI is InChI=1S/C20H18ClNO2S/c1-11-15(10-17(23)24-2)18(12-6-8-13(21)9-7-12)19-14-4-3-5-16(14)25-20(19)22-11/h6-9H,3-5,10H2,1-2H3. The van der Waals surface area contributed by atoms with Crippen LogP contribution in [0, 0.1) is 6.92 Å². The maximum Gasteiger partial charge on any atom is 0.310 e. The van der Waals surface area contributed by atoms with E-state index in [1.165, 1.54) is 29.4 Å². The average molecular weight is 372 g/mol. The van der Waals surface area contributed by atoms with E-state index in [2.05, 4.69) is 0 Å². The highest BCUT2D eigenvalue weighted by Gasteiger charge is 2.25. The van der Waals surface area contributed by atoms with E-state index in [1.807, 2.05) is 31.2 Å². The number of pyridine rings is 1. The Balaban J connectivity index is 2.04. The molecule has 1 aromatic carbocycles. The van der Waals surface area contributed by atoms with E-state index in [9.17, 15) is 4.79 Å². The number of halogens is 1. The Hall–Kier alpha value is -1.91. The molecule has 3 aromatic rings. The van der Waals surface area contributed by atoms with E-state index in [4.69, 9.17) is 21.3 Å². The van der Waals surface area contributed by atoms with Crippen LogP contribution in [0.1, 0.15) is 28.1 Å². The number of fused-ring (bicyclic) bond motifs is 3. The zero-order valence-corrected chi connectivity index (χ0v) is 15.8. The van der Waals surface area contributed by atoms with Gasteiger partial charge in [0, 0.05) is 21.0 Å². The molecule has 5 heteroatoms. The highest BCUT2D eigenvalue weighted by molar-refractivity contribution is 7.19. The maximum absolute atomic E-state index is 12.0. The van der Waals surface area contributed by atoms with E-state index in [0.717, 1.165) is 40.1 Å². The molecule has 2 aromatic heterocycles. The van der Waals surface area contributed by atoms with Crippen LogP contribution in [0.4, 0.5) is 0 Å². The van der Waals surface area contributed by atoms with Gasteiger partial charge in [-0.3, -0.25) is 4.79 Å². The van der Waals surface area contributed by atoms with Gasteiger partial charge in [0.05, 0.1) is 13.5 Å². The molecule has 0 atom stereocenters. The van der Waals surface area contributed by atoms with Crippen LogP contribution in [-0.2, 0) is 28.8 Å². The Bertz CT molecular complexity index is 976. The molecular formula is C20H18ClNO2S. The predicted molar refractivity (Wildman–Crippen MR) is 103 cm³/mol. The van der Waals surface area contributed by atoms with Crippen LogP contribution in [0.3, 0.4) is 0 Å². The fourth-order valence-electron chi connectivity index (χ4n) is 3.65. The molecule has 0 bridgehead atoms. The van der Waals surface area contributed by atoms with Crippen molar-refractivity contribution in [3.05, 3.63) is 51.0 Å². The summed E-state index contributed by atoms with van der Waals surface area (Å²) in [6.07, 6.45) is 3.63. The minimum absolute atomic E-state index is 0.230. The number of rotatable bonds is 3. The van der Waals surface area contributed by atoms with Gasteiger partial charge in [0.15, 0.2) is 0 Å². The monoisotopic (exact) mass is 371 g/mol. The molecular weight excluding hydrogens is 354 g/mol. The number of carbonyl (C=O) groups excluding carboxylic acids is 1.